The summed E-state index contributed by atoms with van der Waals surface area (Å²) in [5.74, 6) is 0.586. The van der Waals surface area contributed by atoms with E-state index in [0.29, 0.717) is 18.2 Å². The molecule has 1 N–H and O–H groups in total. The molecule has 106 valence electrons. The van der Waals surface area contributed by atoms with Crippen LogP contribution in [0, 0.1) is 5.92 Å². The van der Waals surface area contributed by atoms with Crippen LogP contribution >= 0.6 is 11.6 Å². The second-order valence-corrected chi connectivity index (χ2v) is 5.98. The Morgan fingerprint density at radius 3 is 2.90 bits per heavy atom. The Morgan fingerprint density at radius 2 is 2.10 bits per heavy atom. The number of amides is 1. The van der Waals surface area contributed by atoms with E-state index in [1.54, 1.807) is 6.07 Å². The lowest BCUT2D eigenvalue weighted by Gasteiger charge is -2.26. The molecule has 0 saturated heterocycles. The second kappa shape index (κ2) is 5.88. The van der Waals surface area contributed by atoms with Crippen LogP contribution in [0.4, 0.5) is 0 Å². The van der Waals surface area contributed by atoms with Gasteiger partial charge in [0.1, 0.15) is 5.58 Å². The number of alkyl halides is 1. The topological polar surface area (TPSA) is 42.2 Å². The number of hydrogen-bond acceptors (Lipinski definition) is 2. The summed E-state index contributed by atoms with van der Waals surface area (Å²) < 4.78 is 5.55. The molecule has 1 amide bonds. The first kappa shape index (κ1) is 13.5. The monoisotopic (exact) mass is 291 g/mol. The van der Waals surface area contributed by atoms with Gasteiger partial charge in [0, 0.05) is 17.3 Å². The Labute approximate surface area is 123 Å². The molecule has 3 rings (SSSR count). The second-order valence-electron chi connectivity index (χ2n) is 5.42. The normalized spacial score (nSPS) is 22.9. The van der Waals surface area contributed by atoms with Gasteiger partial charge in [0.15, 0.2) is 5.76 Å². The molecule has 2 unspecified atom stereocenters. The largest absolute Gasteiger partial charge is 0.451 e. The molecule has 1 saturated carbocycles. The highest BCUT2D eigenvalue weighted by Gasteiger charge is 2.24. The van der Waals surface area contributed by atoms with Crippen molar-refractivity contribution in [3.8, 4) is 0 Å². The van der Waals surface area contributed by atoms with Gasteiger partial charge in [-0.1, -0.05) is 31.0 Å². The van der Waals surface area contributed by atoms with Gasteiger partial charge < -0.3 is 9.73 Å². The molecule has 1 aromatic carbocycles. The number of halogens is 1. The quantitative estimate of drug-likeness (QED) is 0.870. The number of fused-ring (bicyclic) bond motifs is 1. The fraction of sp³-hybridized carbons (Fsp3) is 0.438. The highest BCUT2D eigenvalue weighted by Crippen LogP contribution is 2.28. The Kier molecular flexibility index (Phi) is 3.97. The molecule has 0 spiro atoms. The Hall–Kier alpha value is -1.48. The molecule has 1 heterocycles. The van der Waals surface area contributed by atoms with Crippen LogP contribution in [0.3, 0.4) is 0 Å². The van der Waals surface area contributed by atoms with Gasteiger partial charge in [0.2, 0.25) is 0 Å². The van der Waals surface area contributed by atoms with Gasteiger partial charge in [-0.2, -0.15) is 0 Å². The first-order valence-electron chi connectivity index (χ1n) is 7.15. The Bertz CT molecular complexity index is 574. The fourth-order valence-corrected chi connectivity index (χ4v) is 3.17. The molecule has 2 atom stereocenters. The van der Waals surface area contributed by atoms with Crippen molar-refractivity contribution in [2.45, 2.75) is 31.1 Å². The molecule has 0 bridgehead atoms. The van der Waals surface area contributed by atoms with E-state index < -0.39 is 0 Å². The number of para-hydroxylation sites is 1. The van der Waals surface area contributed by atoms with E-state index in [1.165, 1.54) is 12.8 Å². The summed E-state index contributed by atoms with van der Waals surface area (Å²) in [5, 5.41) is 4.07. The molecule has 1 aliphatic rings. The molecule has 2 aromatic rings. The van der Waals surface area contributed by atoms with Crippen molar-refractivity contribution < 1.29 is 9.21 Å². The molecule has 20 heavy (non-hydrogen) atoms. The maximum absolute atomic E-state index is 12.1. The van der Waals surface area contributed by atoms with E-state index in [2.05, 4.69) is 5.32 Å². The van der Waals surface area contributed by atoms with Crippen molar-refractivity contribution >= 4 is 28.5 Å². The highest BCUT2D eigenvalue weighted by molar-refractivity contribution is 6.20. The number of carbonyl (C=O) groups excluding carboxylic acids is 1. The maximum Gasteiger partial charge on any atom is 0.287 e. The zero-order valence-electron chi connectivity index (χ0n) is 11.3. The Morgan fingerprint density at radius 1 is 1.30 bits per heavy atom. The number of hydrogen-bond donors (Lipinski definition) is 1. The minimum Gasteiger partial charge on any atom is -0.451 e. The number of benzene rings is 1. The standard InChI is InChI=1S/C16H18ClNO2/c17-13-7-3-1-6-12(13)10-18-16(19)15-9-11-5-2-4-8-14(11)20-15/h2,4-5,8-9,12-13H,1,3,6-7,10H2,(H,18,19). The highest BCUT2D eigenvalue weighted by atomic mass is 35.5. The van der Waals surface area contributed by atoms with Gasteiger partial charge in [-0.15, -0.1) is 11.6 Å². The van der Waals surface area contributed by atoms with E-state index in [4.69, 9.17) is 16.0 Å². The molecule has 4 heteroatoms. The summed E-state index contributed by atoms with van der Waals surface area (Å²) in [7, 11) is 0. The first-order chi connectivity index (χ1) is 9.74. The summed E-state index contributed by atoms with van der Waals surface area (Å²) >= 11 is 6.30. The molecule has 0 radical (unpaired) electrons. The molecule has 1 aromatic heterocycles. The number of rotatable bonds is 3. The third-order valence-electron chi connectivity index (χ3n) is 3.99. The lowest BCUT2D eigenvalue weighted by atomic mass is 9.89. The van der Waals surface area contributed by atoms with Crippen molar-refractivity contribution in [3.63, 3.8) is 0 Å². The van der Waals surface area contributed by atoms with Crippen molar-refractivity contribution in [1.82, 2.24) is 5.32 Å². The number of carbonyl (C=O) groups is 1. The van der Waals surface area contributed by atoms with Crippen LogP contribution in [0.2, 0.25) is 0 Å². The molecule has 1 fully saturated rings. The van der Waals surface area contributed by atoms with Crippen LogP contribution in [0.25, 0.3) is 11.0 Å². The summed E-state index contributed by atoms with van der Waals surface area (Å²) in [6.07, 6.45) is 4.54. The predicted molar refractivity (Wildman–Crippen MR) is 80.1 cm³/mol. The zero-order valence-corrected chi connectivity index (χ0v) is 12.0. The van der Waals surface area contributed by atoms with Crippen molar-refractivity contribution in [2.24, 2.45) is 5.92 Å². The van der Waals surface area contributed by atoms with Crippen LogP contribution in [-0.4, -0.2) is 17.8 Å². The zero-order chi connectivity index (χ0) is 13.9. The molecular weight excluding hydrogens is 274 g/mol. The minimum absolute atomic E-state index is 0.157. The van der Waals surface area contributed by atoms with Gasteiger partial charge in [-0.05, 0) is 30.9 Å². The lowest BCUT2D eigenvalue weighted by molar-refractivity contribution is 0.0918. The maximum atomic E-state index is 12.1. The van der Waals surface area contributed by atoms with Crippen molar-refractivity contribution in [2.75, 3.05) is 6.54 Å². The van der Waals surface area contributed by atoms with Crippen LogP contribution < -0.4 is 5.32 Å². The van der Waals surface area contributed by atoms with Gasteiger partial charge in [0.05, 0.1) is 0 Å². The van der Waals surface area contributed by atoms with E-state index in [9.17, 15) is 4.79 Å². The molecule has 3 nitrogen and oxygen atoms in total. The number of nitrogens with one attached hydrogen (secondary N) is 1. The van der Waals surface area contributed by atoms with E-state index in [-0.39, 0.29) is 11.3 Å². The summed E-state index contributed by atoms with van der Waals surface area (Å²) in [5.41, 5.74) is 0.741. The molecule has 0 aliphatic heterocycles. The van der Waals surface area contributed by atoms with Crippen LogP contribution in [0.15, 0.2) is 34.7 Å². The number of furan rings is 1. The van der Waals surface area contributed by atoms with Crippen molar-refractivity contribution in [3.05, 3.63) is 36.1 Å². The minimum atomic E-state index is -0.157. The van der Waals surface area contributed by atoms with E-state index in [1.807, 2.05) is 24.3 Å². The third-order valence-corrected chi connectivity index (χ3v) is 4.57. The summed E-state index contributed by atoms with van der Waals surface area (Å²) in [4.78, 5) is 12.1. The van der Waals surface area contributed by atoms with E-state index in [0.717, 1.165) is 23.8 Å². The Balaban J connectivity index is 1.64. The van der Waals surface area contributed by atoms with E-state index >= 15 is 0 Å². The predicted octanol–water partition coefficient (Wildman–Crippen LogP) is 3.96. The van der Waals surface area contributed by atoms with Gasteiger partial charge in [-0.25, -0.2) is 0 Å². The summed E-state index contributed by atoms with van der Waals surface area (Å²) in [6.45, 7) is 0.629. The summed E-state index contributed by atoms with van der Waals surface area (Å²) in [6, 6.07) is 9.41. The fourth-order valence-electron chi connectivity index (χ4n) is 2.80. The van der Waals surface area contributed by atoms with Gasteiger partial charge >= 0.3 is 0 Å². The van der Waals surface area contributed by atoms with Gasteiger partial charge in [-0.3, -0.25) is 4.79 Å². The van der Waals surface area contributed by atoms with Crippen LogP contribution in [-0.2, 0) is 0 Å². The average molecular weight is 292 g/mol. The van der Waals surface area contributed by atoms with Crippen LogP contribution in [0.5, 0.6) is 0 Å². The molecular formula is C16H18ClNO2. The molecule has 1 aliphatic carbocycles. The average Bonchev–Trinajstić information content (AvgIpc) is 2.90. The van der Waals surface area contributed by atoms with Crippen molar-refractivity contribution in [1.29, 1.82) is 0 Å². The lowest BCUT2D eigenvalue weighted by Crippen LogP contribution is -2.34. The first-order valence-corrected chi connectivity index (χ1v) is 7.58. The smallest absolute Gasteiger partial charge is 0.287 e. The van der Waals surface area contributed by atoms with Crippen LogP contribution in [0.1, 0.15) is 36.2 Å². The van der Waals surface area contributed by atoms with Gasteiger partial charge in [0.25, 0.3) is 5.91 Å². The third kappa shape index (κ3) is 2.83. The SMILES string of the molecule is O=C(NCC1CCCCC1Cl)c1cc2ccccc2o1.